The predicted molar refractivity (Wildman–Crippen MR) is 184 cm³/mol. The number of amides is 4. The van der Waals surface area contributed by atoms with Crippen molar-refractivity contribution in [2.24, 2.45) is 0 Å². The number of nitrogens with one attached hydrogen (secondary N) is 3. The quantitative estimate of drug-likeness (QED) is 0.227. The molecule has 3 aromatic rings. The minimum atomic E-state index is -1.46. The maximum absolute atomic E-state index is 14.0. The lowest BCUT2D eigenvalue weighted by Gasteiger charge is -2.29. The monoisotopic (exact) mass is 690 g/mol. The lowest BCUT2D eigenvalue weighted by Crippen LogP contribution is -2.59. The number of nitrogens with zero attached hydrogens (tertiary/aromatic N) is 3. The summed E-state index contributed by atoms with van der Waals surface area (Å²) >= 11 is 0. The van der Waals surface area contributed by atoms with Gasteiger partial charge in [0.1, 0.15) is 29.3 Å². The van der Waals surface area contributed by atoms with Crippen LogP contribution in [-0.4, -0.2) is 87.7 Å². The van der Waals surface area contributed by atoms with E-state index in [1.54, 1.807) is 49.6 Å². The molecule has 0 spiro atoms. The Labute approximate surface area is 291 Å². The van der Waals surface area contributed by atoms with Crippen LogP contribution in [0.25, 0.3) is 0 Å². The highest BCUT2D eigenvalue weighted by atomic mass is 16.6. The Bertz CT molecular complexity index is 1640. The van der Waals surface area contributed by atoms with Crippen molar-refractivity contribution in [2.45, 2.75) is 83.3 Å². The average Bonchev–Trinajstić information content (AvgIpc) is 3.74. The van der Waals surface area contributed by atoms with Gasteiger partial charge in [0.05, 0.1) is 26.7 Å². The highest BCUT2D eigenvalue weighted by Gasteiger charge is 2.39. The van der Waals surface area contributed by atoms with Gasteiger partial charge in [-0.25, -0.2) is 14.6 Å². The molecule has 14 heteroatoms. The number of carbonyl (C=O) groups excluding carboxylic acids is 5. The lowest BCUT2D eigenvalue weighted by molar-refractivity contribution is -0.151. The Morgan fingerprint density at radius 3 is 2.26 bits per heavy atom. The maximum atomic E-state index is 14.0. The van der Waals surface area contributed by atoms with Gasteiger partial charge in [0.15, 0.2) is 5.82 Å². The number of carbonyl (C=O) groups is 5. The molecule has 14 nitrogen and oxygen atoms in total. The second-order valence-corrected chi connectivity index (χ2v) is 13.5. The lowest BCUT2D eigenvalue weighted by atomic mass is 10.0. The Hall–Kier alpha value is -5.24. The molecular formula is C36H46N6O8. The highest BCUT2D eigenvalue weighted by molar-refractivity contribution is 5.98. The van der Waals surface area contributed by atoms with Gasteiger partial charge in [-0.05, 0) is 58.6 Å². The largest absolute Gasteiger partial charge is 0.467 e. The predicted octanol–water partition coefficient (Wildman–Crippen LogP) is 3.58. The van der Waals surface area contributed by atoms with Crippen molar-refractivity contribution in [3.63, 3.8) is 0 Å². The third-order valence-corrected chi connectivity index (χ3v) is 7.91. The summed E-state index contributed by atoms with van der Waals surface area (Å²) in [5.41, 5.74) is -0.715. The fourth-order valence-corrected chi connectivity index (χ4v) is 5.41. The van der Waals surface area contributed by atoms with Crippen molar-refractivity contribution in [1.82, 2.24) is 25.1 Å². The zero-order valence-electron chi connectivity index (χ0n) is 29.3. The van der Waals surface area contributed by atoms with Crippen molar-refractivity contribution < 1.29 is 38.2 Å². The third kappa shape index (κ3) is 10.1. The number of aromatic nitrogens is 2. The van der Waals surface area contributed by atoms with Gasteiger partial charge >= 0.3 is 12.1 Å². The average molecular weight is 691 g/mol. The summed E-state index contributed by atoms with van der Waals surface area (Å²) < 4.78 is 17.6. The Balaban J connectivity index is 1.53. The van der Waals surface area contributed by atoms with E-state index in [9.17, 15) is 24.0 Å². The van der Waals surface area contributed by atoms with Gasteiger partial charge in [-0.3, -0.25) is 14.4 Å². The number of ether oxygens (including phenoxy) is 3. The van der Waals surface area contributed by atoms with E-state index in [1.165, 1.54) is 38.4 Å². The molecule has 0 saturated carbocycles. The van der Waals surface area contributed by atoms with Crippen LogP contribution in [0, 0.1) is 0 Å². The third-order valence-electron chi connectivity index (χ3n) is 7.91. The van der Waals surface area contributed by atoms with E-state index in [0.717, 1.165) is 5.56 Å². The summed E-state index contributed by atoms with van der Waals surface area (Å²) in [6.45, 7) is 8.45. The molecule has 1 saturated heterocycles. The van der Waals surface area contributed by atoms with Gasteiger partial charge in [0, 0.05) is 12.7 Å². The molecule has 1 aliphatic rings. The fraction of sp³-hybridized carbons (Fsp3) is 0.444. The number of esters is 1. The summed E-state index contributed by atoms with van der Waals surface area (Å²) in [4.78, 5) is 71.8. The summed E-state index contributed by atoms with van der Waals surface area (Å²) in [6, 6.07) is 15.6. The molecule has 2 heterocycles. The maximum Gasteiger partial charge on any atom is 0.408 e. The fourth-order valence-electron chi connectivity index (χ4n) is 5.41. The molecule has 4 rings (SSSR count). The van der Waals surface area contributed by atoms with Crippen LogP contribution in [-0.2, 0) is 40.0 Å². The van der Waals surface area contributed by atoms with E-state index in [4.69, 9.17) is 14.2 Å². The summed E-state index contributed by atoms with van der Waals surface area (Å²) in [5, 5.41) is 7.93. The second-order valence-electron chi connectivity index (χ2n) is 13.5. The van der Waals surface area contributed by atoms with Crippen molar-refractivity contribution in [1.29, 1.82) is 0 Å². The smallest absolute Gasteiger partial charge is 0.408 e. The van der Waals surface area contributed by atoms with Gasteiger partial charge in [0.25, 0.3) is 11.8 Å². The molecule has 268 valence electrons. The molecule has 3 atom stereocenters. The van der Waals surface area contributed by atoms with E-state index in [2.05, 4.69) is 20.9 Å². The van der Waals surface area contributed by atoms with Crippen molar-refractivity contribution >= 4 is 35.6 Å². The molecule has 4 amide bonds. The van der Waals surface area contributed by atoms with E-state index < -0.39 is 53.1 Å². The molecule has 0 radical (unpaired) electrons. The number of anilines is 1. The van der Waals surface area contributed by atoms with Crippen molar-refractivity contribution in [2.75, 3.05) is 25.6 Å². The Morgan fingerprint density at radius 1 is 0.960 bits per heavy atom. The molecule has 3 N–H and O–H groups in total. The van der Waals surface area contributed by atoms with Crippen LogP contribution in [0.1, 0.15) is 64.6 Å². The SMILES string of the molecule is COC(=O)[C@@H]1CCCN1C(=O)[C@H](c1ccccc1)n1cnc(NC(=O)[C@@H](COCc2ccccc2)NC(=O)C(C)(C)NC(=O)OC(C)(C)C)c1. The van der Waals surface area contributed by atoms with E-state index >= 15 is 0 Å². The first-order valence-corrected chi connectivity index (χ1v) is 16.4. The number of hydrogen-bond acceptors (Lipinski definition) is 9. The standard InChI is InChI=1S/C36H46N6O8/c1-35(2,3)50-34(47)40-36(4,5)33(46)38-26(22-49-21-24-14-9-7-10-15-24)30(43)39-28-20-41(23-37-28)29(25-16-11-8-12-17-25)31(44)42-19-13-18-27(42)32(45)48-6/h7-12,14-17,20,23,26-27,29H,13,18-19,21-22H2,1-6H3,(H,38,46)(H,39,43)(H,40,47)/t26-,27+,29+/m1/s1. The Kier molecular flexibility index (Phi) is 12.4. The van der Waals surface area contributed by atoms with E-state index in [0.29, 0.717) is 24.9 Å². The van der Waals surface area contributed by atoms with Crippen LogP contribution in [0.5, 0.6) is 0 Å². The number of imidazole rings is 1. The summed E-state index contributed by atoms with van der Waals surface area (Å²) in [5.74, 6) is -1.98. The first kappa shape index (κ1) is 37.6. The molecule has 1 fully saturated rings. The van der Waals surface area contributed by atoms with E-state index in [1.807, 2.05) is 36.4 Å². The second kappa shape index (κ2) is 16.4. The number of methoxy groups -OCH3 is 1. The number of rotatable bonds is 13. The number of benzene rings is 2. The normalized spacial score (nSPS) is 15.8. The van der Waals surface area contributed by atoms with Gasteiger partial charge < -0.3 is 39.6 Å². The van der Waals surface area contributed by atoms with Crippen LogP contribution in [0.4, 0.5) is 10.6 Å². The first-order chi connectivity index (χ1) is 23.7. The van der Waals surface area contributed by atoms with Crippen molar-refractivity contribution in [3.8, 4) is 0 Å². The Morgan fingerprint density at radius 2 is 1.62 bits per heavy atom. The molecule has 0 bridgehead atoms. The van der Waals surface area contributed by atoms with Gasteiger partial charge in [-0.15, -0.1) is 0 Å². The molecular weight excluding hydrogens is 644 g/mol. The number of alkyl carbamates (subject to hydrolysis) is 1. The molecule has 1 aliphatic heterocycles. The molecule has 0 unspecified atom stereocenters. The van der Waals surface area contributed by atoms with Gasteiger partial charge in [-0.2, -0.15) is 0 Å². The zero-order valence-corrected chi connectivity index (χ0v) is 29.3. The molecule has 1 aromatic heterocycles. The molecule has 2 aromatic carbocycles. The van der Waals surface area contributed by atoms with Gasteiger partial charge in [0.2, 0.25) is 5.91 Å². The van der Waals surface area contributed by atoms with Crippen LogP contribution in [0.15, 0.2) is 73.2 Å². The number of hydrogen-bond donors (Lipinski definition) is 3. The van der Waals surface area contributed by atoms with Crippen LogP contribution in [0.3, 0.4) is 0 Å². The minimum absolute atomic E-state index is 0.114. The van der Waals surface area contributed by atoms with Crippen LogP contribution in [0.2, 0.25) is 0 Å². The van der Waals surface area contributed by atoms with Crippen LogP contribution < -0.4 is 16.0 Å². The van der Waals surface area contributed by atoms with E-state index in [-0.39, 0.29) is 24.9 Å². The van der Waals surface area contributed by atoms with Crippen LogP contribution >= 0.6 is 0 Å². The van der Waals surface area contributed by atoms with Gasteiger partial charge in [-0.1, -0.05) is 60.7 Å². The minimum Gasteiger partial charge on any atom is -0.467 e. The molecule has 0 aliphatic carbocycles. The molecule has 50 heavy (non-hydrogen) atoms. The zero-order chi connectivity index (χ0) is 36.5. The topological polar surface area (TPSA) is 170 Å². The number of likely N-dealkylation sites (tertiary alicyclic amines) is 1. The summed E-state index contributed by atoms with van der Waals surface area (Å²) in [6.07, 6.45) is 3.28. The van der Waals surface area contributed by atoms with Crippen molar-refractivity contribution in [3.05, 3.63) is 84.3 Å². The highest BCUT2D eigenvalue weighted by Crippen LogP contribution is 2.28. The first-order valence-electron chi connectivity index (χ1n) is 16.4. The summed E-state index contributed by atoms with van der Waals surface area (Å²) in [7, 11) is 1.30.